The molecule has 2 heterocycles. The van der Waals surface area contributed by atoms with Gasteiger partial charge >= 0.3 is 0 Å². The second-order valence-corrected chi connectivity index (χ2v) is 15.5. The van der Waals surface area contributed by atoms with Crippen molar-refractivity contribution in [2.45, 2.75) is 19.3 Å². The van der Waals surface area contributed by atoms with E-state index in [1.807, 2.05) is 0 Å². The van der Waals surface area contributed by atoms with Crippen LogP contribution < -0.4 is 20.9 Å². The molecule has 1 saturated carbocycles. The molecule has 1 fully saturated rings. The summed E-state index contributed by atoms with van der Waals surface area (Å²) in [7, 11) is 0. The van der Waals surface area contributed by atoms with Crippen molar-refractivity contribution in [3.63, 3.8) is 0 Å². The standard InChI is InChI=1S/C49H32N2/c1-26-22-38-37(20-17-31-14-12-29-8-5-9-34(26)43(29)45(31)38)46-39-24-32-23-33(32)25-40(39)47(49-48(46)50-41-10-2-3-21-51(41)49)36-19-16-30-13-11-27-6-4-7-28-15-18-35(36)44(30)42(27)28/h2-22,24-26,32-34H,23H2,1H3. The number of aromatic nitrogens is 2. The summed E-state index contributed by atoms with van der Waals surface area (Å²) < 4.78 is 2.36. The summed E-state index contributed by atoms with van der Waals surface area (Å²) in [6.07, 6.45) is 18.2. The predicted octanol–water partition coefficient (Wildman–Crippen LogP) is 8.95. The lowest BCUT2D eigenvalue weighted by Gasteiger charge is -2.28. The van der Waals surface area contributed by atoms with E-state index in [2.05, 4.69) is 151 Å². The van der Waals surface area contributed by atoms with E-state index in [0.29, 0.717) is 23.7 Å². The minimum Gasteiger partial charge on any atom is -0.299 e. The molecule has 0 N–H and O–H groups in total. The van der Waals surface area contributed by atoms with E-state index in [4.69, 9.17) is 4.98 Å². The molecule has 4 atom stereocenters. The van der Waals surface area contributed by atoms with E-state index < -0.39 is 0 Å². The highest BCUT2D eigenvalue weighted by Gasteiger charge is 2.37. The molecule has 0 saturated heterocycles. The van der Waals surface area contributed by atoms with Crippen LogP contribution in [-0.2, 0) is 0 Å². The minimum absolute atomic E-state index is 0.403. The van der Waals surface area contributed by atoms with Gasteiger partial charge in [-0.1, -0.05) is 128 Å². The van der Waals surface area contributed by atoms with Crippen LogP contribution in [0.1, 0.15) is 24.8 Å². The van der Waals surface area contributed by atoms with Crippen molar-refractivity contribution in [2.75, 3.05) is 0 Å². The number of hydrogen-bond acceptors (Lipinski definition) is 1. The summed E-state index contributed by atoms with van der Waals surface area (Å²) in [6, 6.07) is 36.5. The number of hydrogen-bond donors (Lipinski definition) is 0. The average molecular weight is 649 g/mol. The van der Waals surface area contributed by atoms with Crippen LogP contribution in [0.2, 0.25) is 0 Å². The Labute approximate surface area is 293 Å². The first kappa shape index (κ1) is 26.8. The SMILES string of the molecule is CC1C=c2c(-c3c4c(c(-c5ccc6ccc7cccc8ccc5c6c78)c5c3nc3ccccn35)=CC3CC3C=4)ccc3ccc4c(c23)C1C=CC=4. The summed E-state index contributed by atoms with van der Waals surface area (Å²) >= 11 is 0. The Morgan fingerprint density at radius 2 is 1.35 bits per heavy atom. The topological polar surface area (TPSA) is 17.3 Å². The fourth-order valence-corrected chi connectivity index (χ4v) is 10.4. The largest absolute Gasteiger partial charge is 0.299 e. The summed E-state index contributed by atoms with van der Waals surface area (Å²) in [5.41, 5.74) is 9.99. The summed E-state index contributed by atoms with van der Waals surface area (Å²) in [4.78, 5) is 5.56. The summed E-state index contributed by atoms with van der Waals surface area (Å²) in [6.45, 7) is 2.39. The van der Waals surface area contributed by atoms with Crippen molar-refractivity contribution >= 4 is 84.1 Å². The first-order valence-electron chi connectivity index (χ1n) is 18.5. The zero-order chi connectivity index (χ0) is 33.1. The van der Waals surface area contributed by atoms with Crippen molar-refractivity contribution in [1.29, 1.82) is 0 Å². The van der Waals surface area contributed by atoms with E-state index >= 15 is 0 Å². The first-order valence-corrected chi connectivity index (χ1v) is 18.5. The summed E-state index contributed by atoms with van der Waals surface area (Å²) in [5, 5.41) is 16.1. The van der Waals surface area contributed by atoms with Crippen molar-refractivity contribution in [1.82, 2.24) is 9.38 Å². The molecule has 7 aromatic carbocycles. The number of rotatable bonds is 2. The van der Waals surface area contributed by atoms with Crippen molar-refractivity contribution in [2.24, 2.45) is 17.8 Å². The number of nitrogens with zero attached hydrogens (tertiary/aromatic N) is 2. The maximum atomic E-state index is 5.56. The van der Waals surface area contributed by atoms with Crippen LogP contribution in [0.25, 0.3) is 106 Å². The van der Waals surface area contributed by atoms with Gasteiger partial charge in [0, 0.05) is 23.2 Å². The third kappa shape index (κ3) is 3.36. The van der Waals surface area contributed by atoms with Gasteiger partial charge in [-0.3, -0.25) is 4.40 Å². The Hall–Kier alpha value is -5.99. The molecule has 4 aliphatic rings. The Morgan fingerprint density at radius 1 is 0.627 bits per heavy atom. The van der Waals surface area contributed by atoms with Crippen LogP contribution in [0, 0.1) is 17.8 Å². The molecule has 0 amide bonds. The molecule has 238 valence electrons. The number of imidazole rings is 1. The van der Waals surface area contributed by atoms with Gasteiger partial charge in [0.2, 0.25) is 0 Å². The Balaban J connectivity index is 1.24. The molecule has 2 heteroatoms. The molecule has 13 rings (SSSR count). The van der Waals surface area contributed by atoms with Crippen LogP contribution >= 0.6 is 0 Å². The first-order chi connectivity index (χ1) is 25.2. The minimum atomic E-state index is 0.403. The smallest absolute Gasteiger partial charge is 0.137 e. The van der Waals surface area contributed by atoms with Crippen molar-refractivity contribution in [3.05, 3.63) is 142 Å². The Morgan fingerprint density at radius 3 is 2.22 bits per heavy atom. The van der Waals surface area contributed by atoms with E-state index in [-0.39, 0.29) is 0 Å². The highest BCUT2D eigenvalue weighted by atomic mass is 15.0. The second-order valence-electron chi connectivity index (χ2n) is 15.5. The van der Waals surface area contributed by atoms with Crippen molar-refractivity contribution < 1.29 is 0 Å². The monoisotopic (exact) mass is 648 g/mol. The molecule has 51 heavy (non-hydrogen) atoms. The lowest BCUT2D eigenvalue weighted by molar-refractivity contribution is 0.667. The lowest BCUT2D eigenvalue weighted by atomic mass is 9.75. The molecule has 2 aromatic heterocycles. The van der Waals surface area contributed by atoms with Crippen molar-refractivity contribution in [3.8, 4) is 22.3 Å². The molecule has 9 aromatic rings. The number of fused-ring (bicyclic) bond motifs is 5. The van der Waals surface area contributed by atoms with Gasteiger partial charge in [-0.2, -0.15) is 0 Å². The number of benzene rings is 7. The lowest BCUT2D eigenvalue weighted by Crippen LogP contribution is -2.34. The molecule has 2 nitrogen and oxygen atoms in total. The van der Waals surface area contributed by atoms with Gasteiger partial charge in [0.05, 0.1) is 11.0 Å². The van der Waals surface area contributed by atoms with Gasteiger partial charge in [-0.15, -0.1) is 0 Å². The molecule has 0 aliphatic heterocycles. The van der Waals surface area contributed by atoms with E-state index in [1.54, 1.807) is 0 Å². The van der Waals surface area contributed by atoms with E-state index in [9.17, 15) is 0 Å². The molecule has 0 spiro atoms. The van der Waals surface area contributed by atoms with Crippen LogP contribution in [0.4, 0.5) is 0 Å². The molecule has 0 bridgehead atoms. The van der Waals surface area contributed by atoms with Gasteiger partial charge in [0.1, 0.15) is 5.65 Å². The molecule has 4 aliphatic carbocycles. The van der Waals surface area contributed by atoms with Gasteiger partial charge in [-0.05, 0) is 117 Å². The fourth-order valence-electron chi connectivity index (χ4n) is 10.4. The van der Waals surface area contributed by atoms with E-state index in [0.717, 1.165) is 11.2 Å². The highest BCUT2D eigenvalue weighted by Crippen LogP contribution is 2.46. The average Bonchev–Trinajstić information content (AvgIpc) is 3.84. The van der Waals surface area contributed by atoms with Gasteiger partial charge in [0.25, 0.3) is 0 Å². The van der Waals surface area contributed by atoms with Gasteiger partial charge in [0.15, 0.2) is 0 Å². The van der Waals surface area contributed by atoms with Gasteiger partial charge < -0.3 is 0 Å². The van der Waals surface area contributed by atoms with Gasteiger partial charge in [-0.25, -0.2) is 4.98 Å². The zero-order valence-corrected chi connectivity index (χ0v) is 28.2. The quantitative estimate of drug-likeness (QED) is 0.171. The predicted molar refractivity (Wildman–Crippen MR) is 214 cm³/mol. The Kier molecular flexibility index (Phi) is 4.84. The Bertz CT molecular complexity index is 3360. The van der Waals surface area contributed by atoms with Crippen LogP contribution in [0.3, 0.4) is 0 Å². The third-order valence-corrected chi connectivity index (χ3v) is 12.8. The number of allylic oxidation sites excluding steroid dienone is 2. The molecule has 0 radical (unpaired) electrons. The van der Waals surface area contributed by atoms with Crippen LogP contribution in [0.5, 0.6) is 0 Å². The fraction of sp³-hybridized carbons (Fsp3) is 0.122. The summed E-state index contributed by atoms with van der Waals surface area (Å²) in [5.74, 6) is 2.00. The highest BCUT2D eigenvalue weighted by molar-refractivity contribution is 6.26. The van der Waals surface area contributed by atoms with Crippen LogP contribution in [0.15, 0.2) is 115 Å². The zero-order valence-electron chi connectivity index (χ0n) is 28.2. The normalized spacial score (nSPS) is 21.1. The number of pyridine rings is 1. The maximum absolute atomic E-state index is 5.56. The molecular weight excluding hydrogens is 617 g/mol. The third-order valence-electron chi connectivity index (χ3n) is 12.8. The second kappa shape index (κ2) is 9.21. The maximum Gasteiger partial charge on any atom is 0.137 e. The van der Waals surface area contributed by atoms with Crippen LogP contribution in [-0.4, -0.2) is 9.38 Å². The van der Waals surface area contributed by atoms with E-state index in [1.165, 1.54) is 104 Å². The molecule has 4 unspecified atom stereocenters. The molecular formula is C49H32N2.